The van der Waals surface area contributed by atoms with Gasteiger partial charge in [0.25, 0.3) is 0 Å². The van der Waals surface area contributed by atoms with Crippen LogP contribution >= 0.6 is 0 Å². The molecule has 0 aliphatic carbocycles. The Labute approximate surface area is 87.7 Å². The van der Waals surface area contributed by atoms with Crippen molar-refractivity contribution >= 4 is 0 Å². The smallest absolute Gasteiger partial charge is 0.0351 e. The van der Waals surface area contributed by atoms with Gasteiger partial charge in [0.1, 0.15) is 0 Å². The molecule has 0 bridgehead atoms. The van der Waals surface area contributed by atoms with Crippen LogP contribution < -0.4 is 0 Å². The van der Waals surface area contributed by atoms with Gasteiger partial charge in [-0.05, 0) is 13.1 Å². The van der Waals surface area contributed by atoms with Crippen molar-refractivity contribution in [3.63, 3.8) is 0 Å². The number of rotatable bonds is 2. The van der Waals surface area contributed by atoms with Gasteiger partial charge in [0, 0.05) is 45.3 Å². The summed E-state index contributed by atoms with van der Waals surface area (Å²) in [6.07, 6.45) is 0. The van der Waals surface area contributed by atoms with Gasteiger partial charge in [0.2, 0.25) is 0 Å². The van der Waals surface area contributed by atoms with Crippen molar-refractivity contribution in [2.24, 2.45) is 0 Å². The third kappa shape index (κ3) is 2.10. The van der Waals surface area contributed by atoms with Crippen LogP contribution in [0, 0.1) is 0 Å². The summed E-state index contributed by atoms with van der Waals surface area (Å²) in [5.41, 5.74) is 0. The minimum Gasteiger partial charge on any atom is -0.301 e. The van der Waals surface area contributed by atoms with Gasteiger partial charge in [-0.25, -0.2) is 0 Å². The summed E-state index contributed by atoms with van der Waals surface area (Å²) in [4.78, 5) is 7.85. The number of likely N-dealkylation sites (N-methyl/N-ethyl adjacent to an activating group) is 2. The molecule has 2 aliphatic heterocycles. The van der Waals surface area contributed by atoms with Gasteiger partial charge >= 0.3 is 0 Å². The van der Waals surface area contributed by atoms with E-state index >= 15 is 0 Å². The fraction of sp³-hybridized carbons (Fsp3) is 1.00. The normalized spacial score (nSPS) is 27.9. The maximum absolute atomic E-state index is 2.68. The summed E-state index contributed by atoms with van der Waals surface area (Å²) < 4.78 is 0. The lowest BCUT2D eigenvalue weighted by atomic mass is 10.1. The highest BCUT2D eigenvalue weighted by molar-refractivity contribution is 4.87. The lowest BCUT2D eigenvalue weighted by Gasteiger charge is -2.47. The monoisotopic (exact) mass is 197 g/mol. The molecule has 0 atom stereocenters. The first kappa shape index (κ1) is 10.4. The average Bonchev–Trinajstić information content (AvgIpc) is 2.27. The SMILES string of the molecule is CCN1CCN2CCN(CC)CC2C1. The van der Waals surface area contributed by atoms with Crippen LogP contribution in [0.15, 0.2) is 0 Å². The first-order chi connectivity index (χ1) is 6.83. The lowest BCUT2D eigenvalue weighted by Crippen LogP contribution is -2.61. The minimum atomic E-state index is 0.803. The highest BCUT2D eigenvalue weighted by atomic mass is 15.3. The molecule has 0 aromatic rings. The number of hydrogen-bond acceptors (Lipinski definition) is 3. The molecule has 3 nitrogen and oxygen atoms in total. The second-order valence-corrected chi connectivity index (χ2v) is 4.48. The summed E-state index contributed by atoms with van der Waals surface area (Å²) in [5.74, 6) is 0. The van der Waals surface area contributed by atoms with Crippen molar-refractivity contribution in [1.82, 2.24) is 14.7 Å². The van der Waals surface area contributed by atoms with Gasteiger partial charge in [-0.2, -0.15) is 0 Å². The average molecular weight is 197 g/mol. The Hall–Kier alpha value is -0.120. The van der Waals surface area contributed by atoms with Crippen LogP contribution in [0.1, 0.15) is 13.8 Å². The molecule has 0 unspecified atom stereocenters. The second-order valence-electron chi connectivity index (χ2n) is 4.48. The topological polar surface area (TPSA) is 9.72 Å². The Morgan fingerprint density at radius 1 is 0.857 bits per heavy atom. The van der Waals surface area contributed by atoms with Crippen molar-refractivity contribution in [2.45, 2.75) is 19.9 Å². The Morgan fingerprint density at radius 2 is 1.36 bits per heavy atom. The number of fused-ring (bicyclic) bond motifs is 1. The van der Waals surface area contributed by atoms with Gasteiger partial charge < -0.3 is 9.80 Å². The van der Waals surface area contributed by atoms with E-state index in [4.69, 9.17) is 0 Å². The molecule has 0 saturated carbocycles. The summed E-state index contributed by atoms with van der Waals surface area (Å²) in [6, 6.07) is 0.803. The van der Waals surface area contributed by atoms with Crippen LogP contribution in [0.25, 0.3) is 0 Å². The highest BCUT2D eigenvalue weighted by Gasteiger charge is 2.30. The van der Waals surface area contributed by atoms with Gasteiger partial charge in [-0.3, -0.25) is 4.90 Å². The predicted molar refractivity (Wildman–Crippen MR) is 59.6 cm³/mol. The Bertz CT molecular complexity index is 165. The fourth-order valence-corrected chi connectivity index (χ4v) is 2.66. The van der Waals surface area contributed by atoms with Crippen LogP contribution in [0.2, 0.25) is 0 Å². The van der Waals surface area contributed by atoms with Crippen LogP contribution in [0.3, 0.4) is 0 Å². The highest BCUT2D eigenvalue weighted by Crippen LogP contribution is 2.14. The van der Waals surface area contributed by atoms with E-state index in [-0.39, 0.29) is 0 Å². The van der Waals surface area contributed by atoms with Crippen LogP contribution in [-0.2, 0) is 0 Å². The fourth-order valence-electron chi connectivity index (χ4n) is 2.66. The molecule has 2 rings (SSSR count). The molecule has 0 spiro atoms. The molecule has 0 radical (unpaired) electrons. The van der Waals surface area contributed by atoms with E-state index in [2.05, 4.69) is 28.5 Å². The summed E-state index contributed by atoms with van der Waals surface area (Å²) in [5, 5.41) is 0. The van der Waals surface area contributed by atoms with Crippen LogP contribution in [-0.4, -0.2) is 73.1 Å². The van der Waals surface area contributed by atoms with Crippen molar-refractivity contribution in [2.75, 3.05) is 52.4 Å². The molecule has 2 fully saturated rings. The molecule has 0 amide bonds. The standard InChI is InChI=1S/C11H23N3/c1-3-12-5-7-14-8-6-13(4-2)10-11(14)9-12/h11H,3-10H2,1-2H3. The predicted octanol–water partition coefficient (Wildman–Crippen LogP) is 0.328. The van der Waals surface area contributed by atoms with Crippen molar-refractivity contribution < 1.29 is 0 Å². The third-order valence-corrected chi connectivity index (χ3v) is 3.76. The van der Waals surface area contributed by atoms with Crippen molar-refractivity contribution in [1.29, 1.82) is 0 Å². The second kappa shape index (κ2) is 4.60. The largest absolute Gasteiger partial charge is 0.301 e. The van der Waals surface area contributed by atoms with E-state index in [0.29, 0.717) is 0 Å². The van der Waals surface area contributed by atoms with E-state index in [0.717, 1.165) is 6.04 Å². The molecular weight excluding hydrogens is 174 g/mol. The van der Waals surface area contributed by atoms with E-state index in [1.807, 2.05) is 0 Å². The van der Waals surface area contributed by atoms with Gasteiger partial charge in [0.15, 0.2) is 0 Å². The first-order valence-electron chi connectivity index (χ1n) is 6.02. The van der Waals surface area contributed by atoms with E-state index < -0.39 is 0 Å². The maximum Gasteiger partial charge on any atom is 0.0351 e. The summed E-state index contributed by atoms with van der Waals surface area (Å²) >= 11 is 0. The maximum atomic E-state index is 2.68. The van der Waals surface area contributed by atoms with Gasteiger partial charge in [-0.15, -0.1) is 0 Å². The van der Waals surface area contributed by atoms with Crippen LogP contribution in [0.4, 0.5) is 0 Å². The molecule has 0 aromatic heterocycles. The van der Waals surface area contributed by atoms with Crippen molar-refractivity contribution in [3.8, 4) is 0 Å². The summed E-state index contributed by atoms with van der Waals surface area (Å²) in [6.45, 7) is 14.7. The Balaban J connectivity index is 1.90. The van der Waals surface area contributed by atoms with Gasteiger partial charge in [0.05, 0.1) is 0 Å². The van der Waals surface area contributed by atoms with Crippen molar-refractivity contribution in [3.05, 3.63) is 0 Å². The Morgan fingerprint density at radius 3 is 1.79 bits per heavy atom. The molecule has 2 saturated heterocycles. The molecule has 82 valence electrons. The van der Waals surface area contributed by atoms with Gasteiger partial charge in [-0.1, -0.05) is 13.8 Å². The summed E-state index contributed by atoms with van der Waals surface area (Å²) in [7, 11) is 0. The quantitative estimate of drug-likeness (QED) is 0.631. The lowest BCUT2D eigenvalue weighted by molar-refractivity contribution is 0.0156. The molecular formula is C11H23N3. The number of piperazine rings is 2. The minimum absolute atomic E-state index is 0.803. The molecule has 2 aliphatic rings. The molecule has 3 heteroatoms. The van der Waals surface area contributed by atoms with E-state index in [9.17, 15) is 0 Å². The van der Waals surface area contributed by atoms with E-state index in [1.165, 1.54) is 52.4 Å². The number of nitrogens with zero attached hydrogens (tertiary/aromatic N) is 3. The molecule has 2 heterocycles. The zero-order valence-corrected chi connectivity index (χ0v) is 9.58. The number of hydrogen-bond donors (Lipinski definition) is 0. The zero-order valence-electron chi connectivity index (χ0n) is 9.58. The third-order valence-electron chi connectivity index (χ3n) is 3.76. The molecule has 0 N–H and O–H groups in total. The first-order valence-corrected chi connectivity index (χ1v) is 6.02. The Kier molecular flexibility index (Phi) is 3.42. The molecule has 0 aromatic carbocycles. The van der Waals surface area contributed by atoms with E-state index in [1.54, 1.807) is 0 Å². The van der Waals surface area contributed by atoms with Crippen LogP contribution in [0.5, 0.6) is 0 Å². The molecule has 14 heavy (non-hydrogen) atoms. The zero-order chi connectivity index (χ0) is 9.97.